The molecule has 4 N–H and O–H groups in total. The van der Waals surface area contributed by atoms with Crippen LogP contribution in [0.5, 0.6) is 0 Å². The normalized spacial score (nSPS) is 19.4. The first-order valence-corrected chi connectivity index (χ1v) is 8.82. The van der Waals surface area contributed by atoms with Crippen molar-refractivity contribution in [2.24, 2.45) is 16.3 Å². The molecular weight excluding hydrogens is 274 g/mol. The Morgan fingerprint density at radius 3 is 2.50 bits per heavy atom. The van der Waals surface area contributed by atoms with Crippen molar-refractivity contribution in [3.8, 4) is 0 Å². The lowest BCUT2D eigenvalue weighted by Crippen LogP contribution is -2.49. The number of thioether (sulfide) groups is 1. The summed E-state index contributed by atoms with van der Waals surface area (Å²) in [5, 5.41) is 15.1. The van der Waals surface area contributed by atoms with Gasteiger partial charge < -0.3 is 16.3 Å². The van der Waals surface area contributed by atoms with Crippen LogP contribution in [0.4, 0.5) is 0 Å². The lowest BCUT2D eigenvalue weighted by molar-refractivity contribution is -0.128. The highest BCUT2D eigenvalue weighted by atomic mass is 32.2. The van der Waals surface area contributed by atoms with Gasteiger partial charge in [-0.15, -0.1) is 0 Å². The quantitative estimate of drug-likeness (QED) is 0.168. The van der Waals surface area contributed by atoms with Gasteiger partial charge in [-0.2, -0.15) is 11.8 Å². The number of oxime groups is 1. The molecule has 0 bridgehead atoms. The fraction of sp³-hybridized carbons (Fsp3) is 0.857. The van der Waals surface area contributed by atoms with Gasteiger partial charge in [-0.3, -0.25) is 4.79 Å². The summed E-state index contributed by atoms with van der Waals surface area (Å²) in [7, 11) is 0. The molecule has 0 aromatic heterocycles. The van der Waals surface area contributed by atoms with Gasteiger partial charge in [-0.25, -0.2) is 0 Å². The number of amides is 1. The van der Waals surface area contributed by atoms with Crippen LogP contribution in [0.25, 0.3) is 0 Å². The first-order chi connectivity index (χ1) is 9.67. The maximum absolute atomic E-state index is 12.5. The zero-order valence-electron chi connectivity index (χ0n) is 12.4. The molecule has 0 aromatic rings. The lowest BCUT2D eigenvalue weighted by Gasteiger charge is -2.29. The number of carbonyl (C=O) groups excluding carboxylic acids is 1. The van der Waals surface area contributed by atoms with Crippen molar-refractivity contribution in [2.45, 2.75) is 51.4 Å². The average Bonchev–Trinajstić information content (AvgIpc) is 2.72. The van der Waals surface area contributed by atoms with Crippen LogP contribution in [0.15, 0.2) is 5.16 Å². The van der Waals surface area contributed by atoms with Gasteiger partial charge in [0.15, 0.2) is 5.84 Å². The smallest absolute Gasteiger partial charge is 0.233 e. The van der Waals surface area contributed by atoms with Crippen molar-refractivity contribution >= 4 is 23.5 Å². The Labute approximate surface area is 125 Å². The van der Waals surface area contributed by atoms with Gasteiger partial charge in [0.1, 0.15) is 5.41 Å². The minimum atomic E-state index is -0.801. The van der Waals surface area contributed by atoms with Crippen molar-refractivity contribution < 1.29 is 10.0 Å². The van der Waals surface area contributed by atoms with Crippen LogP contribution in [-0.2, 0) is 4.79 Å². The van der Waals surface area contributed by atoms with Gasteiger partial charge >= 0.3 is 0 Å². The van der Waals surface area contributed by atoms with E-state index in [1.165, 1.54) is 0 Å². The van der Waals surface area contributed by atoms with Crippen molar-refractivity contribution in [3.05, 3.63) is 0 Å². The number of amidine groups is 1. The van der Waals surface area contributed by atoms with Gasteiger partial charge in [-0.05, 0) is 37.7 Å². The third kappa shape index (κ3) is 4.58. The molecule has 6 heteroatoms. The predicted molar refractivity (Wildman–Crippen MR) is 84.2 cm³/mol. The average molecular weight is 301 g/mol. The van der Waals surface area contributed by atoms with E-state index < -0.39 is 5.41 Å². The van der Waals surface area contributed by atoms with Crippen LogP contribution < -0.4 is 11.1 Å². The van der Waals surface area contributed by atoms with Crippen LogP contribution in [0.2, 0.25) is 0 Å². The van der Waals surface area contributed by atoms with E-state index in [-0.39, 0.29) is 11.7 Å². The summed E-state index contributed by atoms with van der Waals surface area (Å²) >= 11 is 1.81. The van der Waals surface area contributed by atoms with E-state index in [0.717, 1.165) is 44.3 Å². The van der Waals surface area contributed by atoms with E-state index in [1.54, 1.807) is 0 Å². The van der Waals surface area contributed by atoms with E-state index in [0.29, 0.717) is 19.4 Å². The summed E-state index contributed by atoms with van der Waals surface area (Å²) in [4.78, 5) is 12.5. The first kappa shape index (κ1) is 17.1. The molecule has 0 radical (unpaired) electrons. The van der Waals surface area contributed by atoms with Crippen LogP contribution >= 0.6 is 11.8 Å². The fourth-order valence-corrected chi connectivity index (χ4v) is 3.26. The van der Waals surface area contributed by atoms with Crippen LogP contribution in [-0.4, -0.2) is 35.5 Å². The van der Waals surface area contributed by atoms with Crippen LogP contribution in [0.1, 0.15) is 51.4 Å². The lowest BCUT2D eigenvalue weighted by atomic mass is 9.78. The summed E-state index contributed by atoms with van der Waals surface area (Å²) in [6.07, 6.45) is 9.64. The molecule has 0 unspecified atom stereocenters. The number of nitrogens with one attached hydrogen (secondary N) is 1. The molecule has 5 nitrogen and oxygen atoms in total. The number of rotatable bonds is 7. The third-order valence-corrected chi connectivity index (χ3v) is 4.75. The molecule has 1 aliphatic rings. The third-order valence-electron chi connectivity index (χ3n) is 4.05. The Balaban J connectivity index is 2.60. The monoisotopic (exact) mass is 301 g/mol. The Kier molecular flexibility index (Phi) is 7.80. The van der Waals surface area contributed by atoms with Crippen molar-refractivity contribution in [3.63, 3.8) is 0 Å². The largest absolute Gasteiger partial charge is 0.409 e. The number of nitrogens with two attached hydrogens (primary N) is 1. The Morgan fingerprint density at radius 1 is 1.30 bits per heavy atom. The number of nitrogens with zero attached hydrogens (tertiary/aromatic N) is 1. The summed E-state index contributed by atoms with van der Waals surface area (Å²) in [6.45, 7) is 0.667. The van der Waals surface area contributed by atoms with Gasteiger partial charge in [0, 0.05) is 6.54 Å². The molecule has 0 saturated heterocycles. The van der Waals surface area contributed by atoms with Gasteiger partial charge in [0.2, 0.25) is 5.91 Å². The second kappa shape index (κ2) is 9.10. The summed E-state index contributed by atoms with van der Waals surface area (Å²) in [5.41, 5.74) is 5.04. The zero-order chi connectivity index (χ0) is 14.8. The maximum atomic E-state index is 12.5. The molecule has 1 rings (SSSR count). The molecule has 116 valence electrons. The van der Waals surface area contributed by atoms with E-state index in [2.05, 4.69) is 16.7 Å². The Hall–Kier alpha value is -0.910. The molecule has 0 spiro atoms. The van der Waals surface area contributed by atoms with E-state index in [1.807, 2.05) is 11.8 Å². The Bertz CT molecular complexity index is 326. The SMILES string of the molecule is CSCCCCNC(=O)C1(C(N)=NO)CCCCCC1. The number of hydrogen-bond donors (Lipinski definition) is 3. The van der Waals surface area contributed by atoms with Crippen molar-refractivity contribution in [1.82, 2.24) is 5.32 Å². The topological polar surface area (TPSA) is 87.7 Å². The fourth-order valence-electron chi connectivity index (χ4n) is 2.77. The molecule has 0 atom stereocenters. The highest BCUT2D eigenvalue weighted by Crippen LogP contribution is 2.35. The minimum absolute atomic E-state index is 0.0704. The van der Waals surface area contributed by atoms with Crippen molar-refractivity contribution in [2.75, 3.05) is 18.6 Å². The minimum Gasteiger partial charge on any atom is -0.409 e. The Morgan fingerprint density at radius 2 is 1.95 bits per heavy atom. The molecule has 1 saturated carbocycles. The van der Waals surface area contributed by atoms with E-state index >= 15 is 0 Å². The van der Waals surface area contributed by atoms with Gasteiger partial charge in [0.25, 0.3) is 0 Å². The second-order valence-electron chi connectivity index (χ2n) is 5.44. The number of hydrogen-bond acceptors (Lipinski definition) is 4. The summed E-state index contributed by atoms with van der Waals surface area (Å²) < 4.78 is 0. The van der Waals surface area contributed by atoms with E-state index in [4.69, 9.17) is 10.9 Å². The van der Waals surface area contributed by atoms with Crippen molar-refractivity contribution in [1.29, 1.82) is 0 Å². The zero-order valence-corrected chi connectivity index (χ0v) is 13.2. The van der Waals surface area contributed by atoms with Crippen LogP contribution in [0, 0.1) is 5.41 Å². The molecule has 0 heterocycles. The van der Waals surface area contributed by atoms with Crippen LogP contribution in [0.3, 0.4) is 0 Å². The molecule has 20 heavy (non-hydrogen) atoms. The predicted octanol–water partition coefficient (Wildman–Crippen LogP) is 2.33. The molecule has 1 amide bonds. The second-order valence-corrected chi connectivity index (χ2v) is 6.42. The standard InChI is InChI=1S/C14H27N3O2S/c1-20-11-7-6-10-16-13(18)14(12(15)17-19)8-4-2-3-5-9-14/h19H,2-11H2,1H3,(H2,15,17)(H,16,18). The number of unbranched alkanes of at least 4 members (excludes halogenated alkanes) is 1. The van der Waals surface area contributed by atoms with Gasteiger partial charge in [-0.1, -0.05) is 30.8 Å². The highest BCUT2D eigenvalue weighted by molar-refractivity contribution is 7.98. The summed E-state index contributed by atoms with van der Waals surface area (Å²) in [6, 6.07) is 0. The first-order valence-electron chi connectivity index (χ1n) is 7.42. The maximum Gasteiger partial charge on any atom is 0.233 e. The molecule has 1 aliphatic carbocycles. The molecule has 0 aromatic carbocycles. The molecule has 0 aliphatic heterocycles. The van der Waals surface area contributed by atoms with E-state index in [9.17, 15) is 4.79 Å². The van der Waals surface area contributed by atoms with Gasteiger partial charge in [0.05, 0.1) is 0 Å². The molecule has 1 fully saturated rings. The summed E-state index contributed by atoms with van der Waals surface area (Å²) in [5.74, 6) is 1.11. The molecular formula is C14H27N3O2S. The number of carbonyl (C=O) groups is 1. The highest BCUT2D eigenvalue weighted by Gasteiger charge is 2.42.